The Kier molecular flexibility index (Phi) is 5.27. The molecule has 1 N–H and O–H groups in total. The second-order valence-electron chi connectivity index (χ2n) is 8.04. The van der Waals surface area contributed by atoms with Crippen LogP contribution in [-0.2, 0) is 11.0 Å². The standard InChI is InChI=1S/C21H17ClF3N5O4/c22-17-16(19(32)28-4-1-13(2-5-28)30-15(31)8-26-20(30)33)27-18-14(21(23,24)25)7-12(9-29(17)18)11-3-6-34-10-11/h3,6-7,9-10,13H,1-2,4-5,8H2,(H,26,33). The summed E-state index contributed by atoms with van der Waals surface area (Å²) in [5.74, 6) is -0.950. The summed E-state index contributed by atoms with van der Waals surface area (Å²) in [6.07, 6.45) is -0.0564. The summed E-state index contributed by atoms with van der Waals surface area (Å²) >= 11 is 6.35. The molecule has 5 rings (SSSR count). The van der Waals surface area contributed by atoms with Crippen molar-refractivity contribution in [2.75, 3.05) is 19.6 Å². The summed E-state index contributed by atoms with van der Waals surface area (Å²) in [7, 11) is 0. The Morgan fingerprint density at radius 1 is 1.21 bits per heavy atom. The molecule has 34 heavy (non-hydrogen) atoms. The number of hydrogen-bond donors (Lipinski definition) is 1. The van der Waals surface area contributed by atoms with E-state index in [4.69, 9.17) is 16.0 Å². The van der Waals surface area contributed by atoms with Gasteiger partial charge in [0.25, 0.3) is 5.91 Å². The number of piperidine rings is 1. The summed E-state index contributed by atoms with van der Waals surface area (Å²) in [5.41, 5.74) is -1.22. The third-order valence-electron chi connectivity index (χ3n) is 6.02. The van der Waals surface area contributed by atoms with Gasteiger partial charge in [-0.2, -0.15) is 13.2 Å². The first kappa shape index (κ1) is 22.3. The second-order valence-corrected chi connectivity index (χ2v) is 8.40. The Labute approximate surface area is 195 Å². The predicted molar refractivity (Wildman–Crippen MR) is 112 cm³/mol. The fraction of sp³-hybridized carbons (Fsp3) is 0.333. The molecule has 13 heteroatoms. The van der Waals surface area contributed by atoms with E-state index >= 15 is 0 Å². The van der Waals surface area contributed by atoms with Gasteiger partial charge < -0.3 is 14.6 Å². The summed E-state index contributed by atoms with van der Waals surface area (Å²) < 4.78 is 47.4. The molecular weight excluding hydrogens is 479 g/mol. The van der Waals surface area contributed by atoms with Gasteiger partial charge in [0, 0.05) is 36.5 Å². The van der Waals surface area contributed by atoms with Crippen LogP contribution >= 0.6 is 11.6 Å². The molecule has 0 radical (unpaired) electrons. The maximum absolute atomic E-state index is 13.8. The number of aromatic nitrogens is 2. The molecule has 2 saturated heterocycles. The first-order valence-electron chi connectivity index (χ1n) is 10.4. The zero-order valence-corrected chi connectivity index (χ0v) is 18.2. The molecule has 0 unspecified atom stereocenters. The maximum atomic E-state index is 13.8. The number of likely N-dealkylation sites (tertiary alicyclic amines) is 1. The number of rotatable bonds is 3. The number of pyridine rings is 1. The molecule has 0 atom stereocenters. The normalized spacial score (nSPS) is 17.6. The van der Waals surface area contributed by atoms with E-state index in [0.717, 1.165) is 15.4 Å². The van der Waals surface area contributed by atoms with Gasteiger partial charge in [-0.1, -0.05) is 11.6 Å². The summed E-state index contributed by atoms with van der Waals surface area (Å²) in [4.78, 5) is 43.5. The van der Waals surface area contributed by atoms with Crippen molar-refractivity contribution in [3.05, 3.63) is 47.3 Å². The molecule has 2 aliphatic rings. The molecule has 0 aromatic carbocycles. The van der Waals surface area contributed by atoms with Crippen molar-refractivity contribution in [3.8, 4) is 11.1 Å². The van der Waals surface area contributed by atoms with Crippen LogP contribution in [-0.4, -0.2) is 62.7 Å². The molecule has 3 aromatic heterocycles. The first-order chi connectivity index (χ1) is 16.1. The SMILES string of the molecule is O=C(c1nc2c(C(F)(F)F)cc(-c3ccoc3)cn2c1Cl)N1CCC(N2C(=O)CNC2=O)CC1. The number of imide groups is 1. The highest BCUT2D eigenvalue weighted by atomic mass is 35.5. The number of nitrogens with one attached hydrogen (secondary N) is 1. The van der Waals surface area contributed by atoms with Crippen LogP contribution in [0.1, 0.15) is 28.9 Å². The lowest BCUT2D eigenvalue weighted by Gasteiger charge is -2.34. The van der Waals surface area contributed by atoms with E-state index in [1.165, 1.54) is 29.7 Å². The molecule has 0 saturated carbocycles. The monoisotopic (exact) mass is 495 g/mol. The smallest absolute Gasteiger partial charge is 0.420 e. The van der Waals surface area contributed by atoms with Crippen LogP contribution in [0.4, 0.5) is 18.0 Å². The van der Waals surface area contributed by atoms with Gasteiger partial charge in [-0.25, -0.2) is 9.78 Å². The van der Waals surface area contributed by atoms with E-state index < -0.39 is 29.3 Å². The molecule has 4 amide bonds. The van der Waals surface area contributed by atoms with E-state index in [9.17, 15) is 27.6 Å². The minimum Gasteiger partial charge on any atom is -0.472 e. The summed E-state index contributed by atoms with van der Waals surface area (Å²) in [5, 5.41) is 2.22. The molecular formula is C21H17ClF3N5O4. The zero-order valence-electron chi connectivity index (χ0n) is 17.4. The number of hydrogen-bond acceptors (Lipinski definition) is 5. The number of amides is 4. The minimum atomic E-state index is -4.74. The largest absolute Gasteiger partial charge is 0.472 e. The second kappa shape index (κ2) is 8.05. The van der Waals surface area contributed by atoms with Crippen molar-refractivity contribution < 1.29 is 32.0 Å². The van der Waals surface area contributed by atoms with Crippen LogP contribution in [0.15, 0.2) is 35.3 Å². The Morgan fingerprint density at radius 3 is 2.53 bits per heavy atom. The fourth-order valence-corrected chi connectivity index (χ4v) is 4.58. The van der Waals surface area contributed by atoms with E-state index in [1.807, 2.05) is 0 Å². The number of furan rings is 1. The van der Waals surface area contributed by atoms with Gasteiger partial charge in [0.1, 0.15) is 5.15 Å². The number of carbonyl (C=O) groups is 3. The number of urea groups is 1. The van der Waals surface area contributed by atoms with Crippen molar-refractivity contribution in [1.82, 2.24) is 24.5 Å². The lowest BCUT2D eigenvalue weighted by molar-refractivity contribution is -0.136. The Bertz CT molecular complexity index is 1280. The molecule has 3 aromatic rings. The number of imidazole rings is 1. The highest BCUT2D eigenvalue weighted by Gasteiger charge is 2.39. The van der Waals surface area contributed by atoms with E-state index in [-0.39, 0.29) is 48.0 Å². The Hall–Kier alpha value is -3.54. The Morgan fingerprint density at radius 2 is 1.94 bits per heavy atom. The molecule has 9 nitrogen and oxygen atoms in total. The van der Waals surface area contributed by atoms with E-state index in [2.05, 4.69) is 10.3 Å². The average molecular weight is 496 g/mol. The van der Waals surface area contributed by atoms with Gasteiger partial charge in [0.2, 0.25) is 5.91 Å². The third kappa shape index (κ3) is 3.67. The minimum absolute atomic E-state index is 0.0584. The molecule has 178 valence electrons. The van der Waals surface area contributed by atoms with Gasteiger partial charge in [-0.05, 0) is 25.0 Å². The van der Waals surface area contributed by atoms with Gasteiger partial charge >= 0.3 is 12.2 Å². The number of halogens is 4. The zero-order chi connectivity index (χ0) is 24.2. The molecule has 0 aliphatic carbocycles. The van der Waals surface area contributed by atoms with Gasteiger partial charge in [0.05, 0.1) is 24.6 Å². The van der Waals surface area contributed by atoms with Crippen molar-refractivity contribution in [2.24, 2.45) is 0 Å². The van der Waals surface area contributed by atoms with Crippen LogP contribution in [0.3, 0.4) is 0 Å². The third-order valence-corrected chi connectivity index (χ3v) is 6.38. The highest BCUT2D eigenvalue weighted by Crippen LogP contribution is 2.37. The molecule has 0 spiro atoms. The van der Waals surface area contributed by atoms with Gasteiger partial charge in [-0.15, -0.1) is 0 Å². The van der Waals surface area contributed by atoms with E-state index in [1.54, 1.807) is 0 Å². The molecule has 0 bridgehead atoms. The van der Waals surface area contributed by atoms with Crippen LogP contribution in [0, 0.1) is 0 Å². The van der Waals surface area contributed by atoms with Gasteiger partial charge in [0.15, 0.2) is 11.3 Å². The summed E-state index contributed by atoms with van der Waals surface area (Å²) in [6.45, 7) is 0.325. The predicted octanol–water partition coefficient (Wildman–Crippen LogP) is 3.42. The van der Waals surface area contributed by atoms with Crippen LogP contribution in [0.5, 0.6) is 0 Å². The van der Waals surface area contributed by atoms with Gasteiger partial charge in [-0.3, -0.25) is 18.9 Å². The van der Waals surface area contributed by atoms with Crippen molar-refractivity contribution in [3.63, 3.8) is 0 Å². The Balaban J connectivity index is 1.45. The first-order valence-corrected chi connectivity index (χ1v) is 10.7. The quantitative estimate of drug-likeness (QED) is 0.561. The van der Waals surface area contributed by atoms with Crippen LogP contribution < -0.4 is 5.32 Å². The molecule has 2 fully saturated rings. The number of fused-ring (bicyclic) bond motifs is 1. The van der Waals surface area contributed by atoms with Crippen molar-refractivity contribution >= 4 is 35.1 Å². The topological polar surface area (TPSA) is 100 Å². The molecule has 2 aliphatic heterocycles. The van der Waals surface area contributed by atoms with E-state index in [0.29, 0.717) is 18.4 Å². The average Bonchev–Trinajstić information content (AvgIpc) is 3.52. The fourth-order valence-electron chi connectivity index (χ4n) is 4.33. The number of carbonyl (C=O) groups excluding carboxylic acids is 3. The van der Waals surface area contributed by atoms with Crippen molar-refractivity contribution in [1.29, 1.82) is 0 Å². The lowest BCUT2D eigenvalue weighted by Crippen LogP contribution is -2.49. The maximum Gasteiger partial charge on any atom is 0.420 e. The number of alkyl halides is 3. The summed E-state index contributed by atoms with van der Waals surface area (Å²) in [6, 6.07) is 1.62. The van der Waals surface area contributed by atoms with Crippen molar-refractivity contribution in [2.45, 2.75) is 25.1 Å². The van der Waals surface area contributed by atoms with Crippen LogP contribution in [0.2, 0.25) is 5.15 Å². The number of nitrogens with zero attached hydrogens (tertiary/aromatic N) is 4. The molecule has 5 heterocycles. The van der Waals surface area contributed by atoms with Crippen LogP contribution in [0.25, 0.3) is 16.8 Å². The highest BCUT2D eigenvalue weighted by molar-refractivity contribution is 6.33. The lowest BCUT2D eigenvalue weighted by atomic mass is 10.0.